The Bertz CT molecular complexity index is 429. The van der Waals surface area contributed by atoms with E-state index in [1.807, 2.05) is 6.92 Å². The Balaban J connectivity index is 2.63. The van der Waals surface area contributed by atoms with Crippen molar-refractivity contribution in [3.8, 4) is 0 Å². The Morgan fingerprint density at radius 1 is 1.31 bits per heavy atom. The molecule has 0 aliphatic carbocycles. The van der Waals surface area contributed by atoms with Crippen molar-refractivity contribution in [1.29, 1.82) is 0 Å². The number of benzene rings is 1. The van der Waals surface area contributed by atoms with E-state index < -0.39 is 9.84 Å². The van der Waals surface area contributed by atoms with Crippen LogP contribution < -0.4 is 0 Å². The van der Waals surface area contributed by atoms with Crippen LogP contribution in [0.3, 0.4) is 0 Å². The van der Waals surface area contributed by atoms with Gasteiger partial charge in [0.15, 0.2) is 9.84 Å². The highest BCUT2D eigenvalue weighted by Gasteiger charge is 2.13. The van der Waals surface area contributed by atoms with Crippen LogP contribution in [0.1, 0.15) is 12.5 Å². The summed E-state index contributed by atoms with van der Waals surface area (Å²) >= 11 is 5.90. The van der Waals surface area contributed by atoms with Gasteiger partial charge in [-0.05, 0) is 18.6 Å². The van der Waals surface area contributed by atoms with Crippen LogP contribution in [0.15, 0.2) is 24.3 Å². The van der Waals surface area contributed by atoms with Crippen LogP contribution in [0.2, 0.25) is 5.02 Å². The minimum atomic E-state index is -3.14. The molecule has 0 atom stereocenters. The Morgan fingerprint density at radius 3 is 2.62 bits per heavy atom. The van der Waals surface area contributed by atoms with Crippen LogP contribution in [0, 0.1) is 0 Å². The number of hydrogen-bond donors (Lipinski definition) is 0. The maximum absolute atomic E-state index is 11.7. The maximum Gasteiger partial charge on any atom is 0.156 e. The van der Waals surface area contributed by atoms with Gasteiger partial charge in [-0.2, -0.15) is 0 Å². The molecule has 1 aromatic rings. The van der Waals surface area contributed by atoms with Crippen molar-refractivity contribution in [2.75, 3.05) is 19.0 Å². The fourth-order valence-corrected chi connectivity index (χ4v) is 2.78. The molecule has 1 rings (SSSR count). The van der Waals surface area contributed by atoms with Crippen molar-refractivity contribution in [1.82, 2.24) is 0 Å². The Morgan fingerprint density at radius 2 is 2.00 bits per heavy atom. The molecule has 0 radical (unpaired) electrons. The lowest BCUT2D eigenvalue weighted by Crippen LogP contribution is -2.14. The lowest BCUT2D eigenvalue weighted by Gasteiger charge is -2.06. The van der Waals surface area contributed by atoms with Gasteiger partial charge in [0.1, 0.15) is 0 Å². The molecular formula is C11H15ClO3S. The average molecular weight is 263 g/mol. The summed E-state index contributed by atoms with van der Waals surface area (Å²) in [5.74, 6) is 0.00576. The summed E-state index contributed by atoms with van der Waals surface area (Å²) in [6.45, 7) is 2.60. The monoisotopic (exact) mass is 262 g/mol. The molecule has 3 nitrogen and oxygen atoms in total. The predicted octanol–water partition coefficient (Wildman–Crippen LogP) is 2.29. The van der Waals surface area contributed by atoms with E-state index in [4.69, 9.17) is 16.3 Å². The van der Waals surface area contributed by atoms with E-state index in [2.05, 4.69) is 0 Å². The molecule has 90 valence electrons. The highest BCUT2D eigenvalue weighted by molar-refractivity contribution is 7.90. The largest absolute Gasteiger partial charge is 0.381 e. The zero-order valence-electron chi connectivity index (χ0n) is 9.15. The van der Waals surface area contributed by atoms with Gasteiger partial charge in [-0.15, -0.1) is 0 Å². The van der Waals surface area contributed by atoms with Crippen LogP contribution in [0.5, 0.6) is 0 Å². The molecular weight excluding hydrogens is 248 g/mol. The van der Waals surface area contributed by atoms with Crippen molar-refractivity contribution < 1.29 is 13.2 Å². The van der Waals surface area contributed by atoms with Gasteiger partial charge in [0.2, 0.25) is 0 Å². The van der Waals surface area contributed by atoms with Gasteiger partial charge in [-0.1, -0.05) is 29.8 Å². The smallest absolute Gasteiger partial charge is 0.156 e. The zero-order chi connectivity index (χ0) is 12.0. The summed E-state index contributed by atoms with van der Waals surface area (Å²) in [6.07, 6.45) is 0. The number of rotatable bonds is 6. The summed E-state index contributed by atoms with van der Waals surface area (Å²) in [5.41, 5.74) is 0.640. The van der Waals surface area contributed by atoms with E-state index in [1.54, 1.807) is 24.3 Å². The number of halogens is 1. The molecule has 0 heterocycles. The van der Waals surface area contributed by atoms with Gasteiger partial charge in [0.25, 0.3) is 0 Å². The van der Waals surface area contributed by atoms with Crippen molar-refractivity contribution in [2.24, 2.45) is 0 Å². The fourth-order valence-electron chi connectivity index (χ4n) is 1.25. The SMILES string of the molecule is CCOCCS(=O)(=O)Cc1ccccc1Cl. The molecule has 0 unspecified atom stereocenters. The molecule has 5 heteroatoms. The number of hydrogen-bond acceptors (Lipinski definition) is 3. The van der Waals surface area contributed by atoms with Crippen LogP contribution in [-0.4, -0.2) is 27.4 Å². The fraction of sp³-hybridized carbons (Fsp3) is 0.455. The first-order chi connectivity index (χ1) is 7.55. The van der Waals surface area contributed by atoms with Gasteiger partial charge in [-0.3, -0.25) is 0 Å². The second-order valence-corrected chi connectivity index (χ2v) is 5.97. The third-order valence-corrected chi connectivity index (χ3v) is 3.98. The molecule has 1 aromatic carbocycles. The molecule has 0 bridgehead atoms. The molecule has 0 N–H and O–H groups in total. The normalized spacial score (nSPS) is 11.6. The molecule has 0 aliphatic heterocycles. The quantitative estimate of drug-likeness (QED) is 0.739. The lowest BCUT2D eigenvalue weighted by atomic mass is 10.2. The van der Waals surface area contributed by atoms with Crippen molar-refractivity contribution >= 4 is 21.4 Å². The molecule has 0 saturated carbocycles. The van der Waals surface area contributed by atoms with E-state index in [0.29, 0.717) is 17.2 Å². The molecule has 0 aliphatic rings. The second kappa shape index (κ2) is 6.23. The summed E-state index contributed by atoms with van der Waals surface area (Å²) in [7, 11) is -3.14. The molecule has 0 fully saturated rings. The highest BCUT2D eigenvalue weighted by atomic mass is 35.5. The van der Waals surface area contributed by atoms with E-state index in [0.717, 1.165) is 0 Å². The summed E-state index contributed by atoms with van der Waals surface area (Å²) < 4.78 is 28.4. The van der Waals surface area contributed by atoms with Crippen LogP contribution in [0.25, 0.3) is 0 Å². The first kappa shape index (κ1) is 13.5. The summed E-state index contributed by atoms with van der Waals surface area (Å²) in [5, 5.41) is 0.488. The second-order valence-electron chi connectivity index (χ2n) is 3.38. The topological polar surface area (TPSA) is 43.4 Å². The first-order valence-corrected chi connectivity index (χ1v) is 7.26. The zero-order valence-corrected chi connectivity index (χ0v) is 10.7. The minimum absolute atomic E-state index is 0.0280. The lowest BCUT2D eigenvalue weighted by molar-refractivity contribution is 0.163. The standard InChI is InChI=1S/C11H15ClO3S/c1-2-15-7-8-16(13,14)9-10-5-3-4-6-11(10)12/h3-6H,2,7-9H2,1H3. The van der Waals surface area contributed by atoms with Crippen LogP contribution in [0.4, 0.5) is 0 Å². The van der Waals surface area contributed by atoms with Crippen molar-refractivity contribution in [3.05, 3.63) is 34.9 Å². The van der Waals surface area contributed by atoms with Gasteiger partial charge < -0.3 is 4.74 Å². The first-order valence-electron chi connectivity index (χ1n) is 5.07. The predicted molar refractivity (Wildman–Crippen MR) is 65.4 cm³/mol. The third kappa shape index (κ3) is 4.51. The van der Waals surface area contributed by atoms with E-state index >= 15 is 0 Å². The van der Waals surface area contributed by atoms with Crippen LogP contribution >= 0.6 is 11.6 Å². The van der Waals surface area contributed by atoms with E-state index in [1.165, 1.54) is 0 Å². The van der Waals surface area contributed by atoms with Gasteiger partial charge >= 0.3 is 0 Å². The Kier molecular flexibility index (Phi) is 5.25. The minimum Gasteiger partial charge on any atom is -0.381 e. The van der Waals surface area contributed by atoms with Crippen molar-refractivity contribution in [2.45, 2.75) is 12.7 Å². The van der Waals surface area contributed by atoms with E-state index in [9.17, 15) is 8.42 Å². The number of sulfone groups is 1. The Hall–Kier alpha value is -0.580. The summed E-state index contributed by atoms with van der Waals surface area (Å²) in [6, 6.07) is 6.97. The van der Waals surface area contributed by atoms with E-state index in [-0.39, 0.29) is 18.1 Å². The van der Waals surface area contributed by atoms with Crippen LogP contribution in [-0.2, 0) is 20.3 Å². The molecule has 16 heavy (non-hydrogen) atoms. The van der Waals surface area contributed by atoms with Crippen molar-refractivity contribution in [3.63, 3.8) is 0 Å². The molecule has 0 amide bonds. The number of ether oxygens (including phenoxy) is 1. The maximum atomic E-state index is 11.7. The van der Waals surface area contributed by atoms with Gasteiger partial charge in [0.05, 0.1) is 18.1 Å². The van der Waals surface area contributed by atoms with Gasteiger partial charge in [0, 0.05) is 11.6 Å². The van der Waals surface area contributed by atoms with Gasteiger partial charge in [-0.25, -0.2) is 8.42 Å². The third-order valence-electron chi connectivity index (χ3n) is 2.08. The molecule has 0 saturated heterocycles. The highest BCUT2D eigenvalue weighted by Crippen LogP contribution is 2.17. The molecule has 0 spiro atoms. The molecule has 0 aromatic heterocycles. The average Bonchev–Trinajstić information content (AvgIpc) is 2.21. The summed E-state index contributed by atoms with van der Waals surface area (Å²) in [4.78, 5) is 0. The Labute approximate surface area is 101 Å².